The minimum absolute atomic E-state index is 0.0717. The predicted octanol–water partition coefficient (Wildman–Crippen LogP) is 2.26. The molecule has 0 aliphatic heterocycles. The monoisotopic (exact) mass is 345 g/mol. The summed E-state index contributed by atoms with van der Waals surface area (Å²) >= 11 is 0. The van der Waals surface area contributed by atoms with Gasteiger partial charge in [0.15, 0.2) is 0 Å². The Labute approximate surface area is 146 Å². The topological polar surface area (TPSA) is 87.1 Å². The van der Waals surface area contributed by atoms with Crippen molar-refractivity contribution in [2.24, 2.45) is 0 Å². The Kier molecular flexibility index (Phi) is 14.7. The number of amides is 1. The van der Waals surface area contributed by atoms with Crippen molar-refractivity contribution >= 4 is 11.9 Å². The van der Waals surface area contributed by atoms with E-state index in [1.165, 1.54) is 43.4 Å². The summed E-state index contributed by atoms with van der Waals surface area (Å²) in [6, 6.07) is 0. The fraction of sp³-hybridized carbons (Fsp3) is 0.889. The maximum absolute atomic E-state index is 11.9. The van der Waals surface area contributed by atoms with Crippen LogP contribution in [0.15, 0.2) is 0 Å². The Hall–Kier alpha value is -1.14. The number of unbranched alkanes of at least 4 members (excludes halogenated alkanes) is 8. The van der Waals surface area contributed by atoms with Crippen molar-refractivity contribution < 1.29 is 24.5 Å². The quantitative estimate of drug-likeness (QED) is 0.351. The Morgan fingerprint density at radius 1 is 1.00 bits per heavy atom. The first-order valence-corrected chi connectivity index (χ1v) is 9.19. The maximum Gasteiger partial charge on any atom is 0.325 e. The van der Waals surface area contributed by atoms with E-state index in [9.17, 15) is 9.59 Å². The maximum atomic E-state index is 11.9. The molecule has 6 heteroatoms. The highest BCUT2D eigenvalue weighted by molar-refractivity contribution is 5.81. The second kappa shape index (κ2) is 15.4. The van der Waals surface area contributed by atoms with Gasteiger partial charge in [0.1, 0.15) is 19.3 Å². The van der Waals surface area contributed by atoms with E-state index in [1.54, 1.807) is 7.05 Å². The van der Waals surface area contributed by atoms with Crippen LogP contribution in [-0.4, -0.2) is 59.9 Å². The molecule has 0 bridgehead atoms. The van der Waals surface area contributed by atoms with E-state index in [1.807, 2.05) is 0 Å². The normalized spacial score (nSPS) is 12.0. The number of carbonyl (C=O) groups excluding carboxylic acids is 2. The zero-order valence-electron chi connectivity index (χ0n) is 15.3. The molecular weight excluding hydrogens is 310 g/mol. The summed E-state index contributed by atoms with van der Waals surface area (Å²) in [6.45, 7) is 1.37. The van der Waals surface area contributed by atoms with Gasteiger partial charge in [-0.2, -0.15) is 0 Å². The third-order valence-electron chi connectivity index (χ3n) is 3.93. The molecule has 0 saturated heterocycles. The number of likely N-dealkylation sites (N-methyl/N-ethyl adjacent to an activating group) is 1. The fourth-order valence-corrected chi connectivity index (χ4v) is 2.35. The lowest BCUT2D eigenvalue weighted by Crippen LogP contribution is -2.34. The van der Waals surface area contributed by atoms with Crippen molar-refractivity contribution in [1.82, 2.24) is 4.90 Å². The average Bonchev–Trinajstić information content (AvgIpc) is 2.57. The van der Waals surface area contributed by atoms with Crippen molar-refractivity contribution in [3.63, 3.8) is 0 Å². The van der Waals surface area contributed by atoms with Crippen LogP contribution in [0.4, 0.5) is 0 Å². The third-order valence-corrected chi connectivity index (χ3v) is 3.93. The Bertz CT molecular complexity index is 335. The van der Waals surface area contributed by atoms with Crippen LogP contribution >= 0.6 is 0 Å². The Morgan fingerprint density at radius 3 is 2.08 bits per heavy atom. The van der Waals surface area contributed by atoms with Crippen LogP contribution in [0.3, 0.4) is 0 Å². The smallest absolute Gasteiger partial charge is 0.325 e. The van der Waals surface area contributed by atoms with E-state index in [0.717, 1.165) is 19.3 Å². The minimum atomic E-state index is -1.07. The van der Waals surface area contributed by atoms with Gasteiger partial charge in [0.2, 0.25) is 5.91 Å². The number of hydrogen-bond acceptors (Lipinski definition) is 5. The van der Waals surface area contributed by atoms with Gasteiger partial charge in [0, 0.05) is 13.5 Å². The van der Waals surface area contributed by atoms with E-state index < -0.39 is 18.7 Å². The average molecular weight is 345 g/mol. The van der Waals surface area contributed by atoms with Crippen molar-refractivity contribution in [3.8, 4) is 0 Å². The largest absolute Gasteiger partial charge is 0.462 e. The molecule has 0 rings (SSSR count). The SMILES string of the molecule is CCCCCCCCCCCC(=O)N(C)CC(=O)OCC(O)CO. The van der Waals surface area contributed by atoms with Gasteiger partial charge in [-0.3, -0.25) is 9.59 Å². The van der Waals surface area contributed by atoms with Gasteiger partial charge in [0.05, 0.1) is 6.61 Å². The van der Waals surface area contributed by atoms with Crippen molar-refractivity contribution in [3.05, 3.63) is 0 Å². The van der Waals surface area contributed by atoms with Crippen molar-refractivity contribution in [2.45, 2.75) is 77.2 Å². The molecule has 0 aromatic rings. The first kappa shape index (κ1) is 22.9. The molecule has 6 nitrogen and oxygen atoms in total. The van der Waals surface area contributed by atoms with Gasteiger partial charge < -0.3 is 19.8 Å². The van der Waals surface area contributed by atoms with Crippen LogP contribution in [0.5, 0.6) is 0 Å². The van der Waals surface area contributed by atoms with Crippen LogP contribution in [0.2, 0.25) is 0 Å². The van der Waals surface area contributed by atoms with Crippen LogP contribution < -0.4 is 0 Å². The van der Waals surface area contributed by atoms with Crippen LogP contribution in [-0.2, 0) is 14.3 Å². The molecule has 1 atom stereocenters. The summed E-state index contributed by atoms with van der Waals surface area (Å²) in [6.07, 6.45) is 10.1. The van der Waals surface area contributed by atoms with Crippen molar-refractivity contribution in [1.29, 1.82) is 0 Å². The van der Waals surface area contributed by atoms with Crippen LogP contribution in [0.25, 0.3) is 0 Å². The summed E-state index contributed by atoms with van der Waals surface area (Å²) in [4.78, 5) is 24.7. The van der Waals surface area contributed by atoms with E-state index in [-0.39, 0.29) is 19.1 Å². The van der Waals surface area contributed by atoms with Gasteiger partial charge in [0.25, 0.3) is 0 Å². The number of carbonyl (C=O) groups is 2. The molecule has 0 fully saturated rings. The summed E-state index contributed by atoms with van der Waals surface area (Å²) in [5, 5.41) is 17.7. The zero-order chi connectivity index (χ0) is 18.2. The first-order valence-electron chi connectivity index (χ1n) is 9.19. The van der Waals surface area contributed by atoms with Crippen LogP contribution in [0.1, 0.15) is 71.1 Å². The van der Waals surface area contributed by atoms with Gasteiger partial charge >= 0.3 is 5.97 Å². The van der Waals surface area contributed by atoms with Crippen LogP contribution in [0, 0.1) is 0 Å². The molecule has 0 radical (unpaired) electrons. The molecule has 0 saturated carbocycles. The summed E-state index contributed by atoms with van der Waals surface area (Å²) in [7, 11) is 1.57. The Balaban J connectivity index is 3.60. The standard InChI is InChI=1S/C18H35NO5/c1-3-4-5-6-7-8-9-10-11-12-17(22)19(2)13-18(23)24-15-16(21)14-20/h16,20-21H,3-15H2,1-2H3. The minimum Gasteiger partial charge on any atom is -0.462 e. The third kappa shape index (κ3) is 13.3. The second-order valence-electron chi connectivity index (χ2n) is 6.35. The number of aliphatic hydroxyl groups excluding tert-OH is 2. The highest BCUT2D eigenvalue weighted by Crippen LogP contribution is 2.11. The Morgan fingerprint density at radius 2 is 1.54 bits per heavy atom. The second-order valence-corrected chi connectivity index (χ2v) is 6.35. The highest BCUT2D eigenvalue weighted by atomic mass is 16.5. The number of ether oxygens (including phenoxy) is 1. The summed E-state index contributed by atoms with van der Waals surface area (Å²) in [5.41, 5.74) is 0. The lowest BCUT2D eigenvalue weighted by atomic mass is 10.1. The predicted molar refractivity (Wildman–Crippen MR) is 93.5 cm³/mol. The van der Waals surface area contributed by atoms with Gasteiger partial charge in [-0.05, 0) is 6.42 Å². The first-order chi connectivity index (χ1) is 11.5. The molecule has 1 unspecified atom stereocenters. The molecule has 0 aliphatic carbocycles. The number of rotatable bonds is 15. The zero-order valence-corrected chi connectivity index (χ0v) is 15.3. The van der Waals surface area contributed by atoms with E-state index in [4.69, 9.17) is 14.9 Å². The number of nitrogens with zero attached hydrogens (tertiary/aromatic N) is 1. The molecule has 0 heterocycles. The highest BCUT2D eigenvalue weighted by Gasteiger charge is 2.14. The molecule has 1 amide bonds. The molecule has 142 valence electrons. The van der Waals surface area contributed by atoms with Gasteiger partial charge in [-0.25, -0.2) is 0 Å². The van der Waals surface area contributed by atoms with Gasteiger partial charge in [-0.15, -0.1) is 0 Å². The molecule has 0 aliphatic rings. The van der Waals surface area contributed by atoms with Gasteiger partial charge in [-0.1, -0.05) is 58.3 Å². The number of hydrogen-bond donors (Lipinski definition) is 2. The summed E-state index contributed by atoms with van der Waals surface area (Å²) < 4.78 is 4.77. The van der Waals surface area contributed by atoms with Crippen molar-refractivity contribution in [2.75, 3.05) is 26.8 Å². The molecule has 0 aromatic heterocycles. The number of aliphatic hydroxyl groups is 2. The lowest BCUT2D eigenvalue weighted by molar-refractivity contribution is -0.151. The van der Waals surface area contributed by atoms with E-state index in [0.29, 0.717) is 6.42 Å². The molecule has 24 heavy (non-hydrogen) atoms. The molecule has 0 aromatic carbocycles. The fourth-order valence-electron chi connectivity index (χ4n) is 2.35. The lowest BCUT2D eigenvalue weighted by Gasteiger charge is -2.17. The molecule has 0 spiro atoms. The van der Waals surface area contributed by atoms with E-state index in [2.05, 4.69) is 6.92 Å². The van der Waals surface area contributed by atoms with E-state index >= 15 is 0 Å². The summed E-state index contributed by atoms with van der Waals surface area (Å²) in [5.74, 6) is -0.650. The molecule has 2 N–H and O–H groups in total. The number of esters is 1. The molecular formula is C18H35NO5.